The number of carbonyl (C=O) groups excluding carboxylic acids is 2. The van der Waals surface area contributed by atoms with Crippen LogP contribution in [0.5, 0.6) is 11.5 Å². The quantitative estimate of drug-likeness (QED) is 0.908. The summed E-state index contributed by atoms with van der Waals surface area (Å²) in [6, 6.07) is 12.7. The molecule has 0 fully saturated rings. The van der Waals surface area contributed by atoms with Crippen LogP contribution in [-0.2, 0) is 4.79 Å². The average Bonchev–Trinajstić information content (AvgIpc) is 3.08. The van der Waals surface area contributed by atoms with Crippen LogP contribution in [-0.4, -0.2) is 31.7 Å². The van der Waals surface area contributed by atoms with Gasteiger partial charge < -0.3 is 19.7 Å². The Labute approximate surface area is 146 Å². The molecular formula is C19H20N2O4. The normalized spacial score (nSPS) is 11.9. The lowest BCUT2D eigenvalue weighted by Crippen LogP contribution is -2.40. The van der Waals surface area contributed by atoms with Crippen LogP contribution in [0.25, 0.3) is 0 Å². The Morgan fingerprint density at radius 1 is 1.12 bits per heavy atom. The minimum Gasteiger partial charge on any atom is -0.454 e. The van der Waals surface area contributed by atoms with Gasteiger partial charge in [-0.25, -0.2) is 0 Å². The van der Waals surface area contributed by atoms with Crippen molar-refractivity contribution < 1.29 is 19.1 Å². The number of hydrogen-bond donors (Lipinski definition) is 1. The summed E-state index contributed by atoms with van der Waals surface area (Å²) in [7, 11) is 0. The summed E-state index contributed by atoms with van der Waals surface area (Å²) in [5.74, 6) is 0.660. The lowest BCUT2D eigenvalue weighted by Gasteiger charge is -2.21. The van der Waals surface area contributed by atoms with Gasteiger partial charge in [0.1, 0.15) is 0 Å². The monoisotopic (exact) mass is 340 g/mol. The van der Waals surface area contributed by atoms with Gasteiger partial charge in [-0.2, -0.15) is 0 Å². The minimum absolute atomic E-state index is 0.0743. The van der Waals surface area contributed by atoms with Crippen molar-refractivity contribution in [2.45, 2.75) is 13.8 Å². The van der Waals surface area contributed by atoms with Crippen LogP contribution in [0.4, 0.5) is 5.69 Å². The number of anilines is 1. The maximum Gasteiger partial charge on any atom is 0.251 e. The van der Waals surface area contributed by atoms with Crippen LogP contribution >= 0.6 is 0 Å². The van der Waals surface area contributed by atoms with Gasteiger partial charge in [0.2, 0.25) is 12.7 Å². The second-order valence-electron chi connectivity index (χ2n) is 5.73. The molecule has 1 heterocycles. The van der Waals surface area contributed by atoms with Crippen LogP contribution in [0.2, 0.25) is 0 Å². The highest BCUT2D eigenvalue weighted by Crippen LogP contribution is 2.32. The summed E-state index contributed by atoms with van der Waals surface area (Å²) in [5, 5.41) is 2.66. The van der Waals surface area contributed by atoms with E-state index in [9.17, 15) is 9.59 Å². The van der Waals surface area contributed by atoms with Crippen molar-refractivity contribution >= 4 is 17.5 Å². The van der Waals surface area contributed by atoms with Crippen molar-refractivity contribution in [3.05, 3.63) is 53.6 Å². The fourth-order valence-electron chi connectivity index (χ4n) is 2.69. The summed E-state index contributed by atoms with van der Waals surface area (Å²) in [5.41, 5.74) is 2.33. The smallest absolute Gasteiger partial charge is 0.251 e. The molecule has 0 saturated carbocycles. The van der Waals surface area contributed by atoms with E-state index in [-0.39, 0.29) is 25.2 Å². The fraction of sp³-hybridized carbons (Fsp3) is 0.263. The molecule has 0 radical (unpaired) electrons. The molecular weight excluding hydrogens is 320 g/mol. The van der Waals surface area contributed by atoms with Gasteiger partial charge in [0.25, 0.3) is 5.91 Å². The number of rotatable bonds is 5. The number of benzene rings is 2. The highest BCUT2D eigenvalue weighted by atomic mass is 16.7. The number of aryl methyl sites for hydroxylation is 1. The molecule has 6 heteroatoms. The molecule has 1 N–H and O–H groups in total. The van der Waals surface area contributed by atoms with Gasteiger partial charge >= 0.3 is 0 Å². The van der Waals surface area contributed by atoms with Crippen molar-refractivity contribution in [1.29, 1.82) is 0 Å². The molecule has 0 bridgehead atoms. The molecule has 130 valence electrons. The van der Waals surface area contributed by atoms with Crippen LogP contribution in [0.3, 0.4) is 0 Å². The summed E-state index contributed by atoms with van der Waals surface area (Å²) >= 11 is 0. The van der Waals surface area contributed by atoms with Crippen LogP contribution in [0, 0.1) is 6.92 Å². The minimum atomic E-state index is -0.327. The third-order valence-corrected chi connectivity index (χ3v) is 3.97. The molecule has 1 aliphatic heterocycles. The predicted molar refractivity (Wildman–Crippen MR) is 94.1 cm³/mol. The first-order chi connectivity index (χ1) is 12.1. The zero-order valence-electron chi connectivity index (χ0n) is 14.2. The summed E-state index contributed by atoms with van der Waals surface area (Å²) in [6.07, 6.45) is 0. The molecule has 6 nitrogen and oxygen atoms in total. The molecule has 0 unspecified atom stereocenters. The topological polar surface area (TPSA) is 67.9 Å². The van der Waals surface area contributed by atoms with Crippen molar-refractivity contribution in [3.8, 4) is 11.5 Å². The Kier molecular flexibility index (Phi) is 4.88. The Hall–Kier alpha value is -3.02. The number of nitrogens with one attached hydrogen (secondary N) is 1. The first-order valence-corrected chi connectivity index (χ1v) is 8.13. The lowest BCUT2D eigenvalue weighted by atomic mass is 10.2. The third-order valence-electron chi connectivity index (χ3n) is 3.97. The summed E-state index contributed by atoms with van der Waals surface area (Å²) in [4.78, 5) is 26.4. The Morgan fingerprint density at radius 3 is 2.68 bits per heavy atom. The highest BCUT2D eigenvalue weighted by molar-refractivity contribution is 6.00. The molecule has 0 aromatic heterocycles. The molecule has 1 aliphatic rings. The standard InChI is InChI=1S/C19H20N2O4/c1-3-21(15-6-4-5-13(2)9-15)18(22)11-20-19(23)14-7-8-16-17(10-14)25-12-24-16/h4-10H,3,11-12H2,1-2H3,(H,20,23). The SMILES string of the molecule is CCN(C(=O)CNC(=O)c1ccc2c(c1)OCO2)c1cccc(C)c1. The van der Waals surface area contributed by atoms with E-state index in [1.165, 1.54) is 0 Å². The third kappa shape index (κ3) is 3.74. The van der Waals surface area contributed by atoms with Gasteiger partial charge in [-0.05, 0) is 49.7 Å². The molecule has 2 aromatic carbocycles. The number of nitrogens with zero attached hydrogens (tertiary/aromatic N) is 1. The zero-order valence-corrected chi connectivity index (χ0v) is 14.2. The van der Waals surface area contributed by atoms with E-state index in [1.807, 2.05) is 38.1 Å². The number of amides is 2. The summed E-state index contributed by atoms with van der Waals surface area (Å²) < 4.78 is 10.5. The van der Waals surface area contributed by atoms with Gasteiger partial charge in [-0.15, -0.1) is 0 Å². The zero-order chi connectivity index (χ0) is 17.8. The van der Waals surface area contributed by atoms with Crippen LogP contribution in [0.15, 0.2) is 42.5 Å². The number of fused-ring (bicyclic) bond motifs is 1. The van der Waals surface area contributed by atoms with Crippen LogP contribution < -0.4 is 19.7 Å². The van der Waals surface area contributed by atoms with E-state index >= 15 is 0 Å². The molecule has 0 spiro atoms. The fourth-order valence-corrected chi connectivity index (χ4v) is 2.69. The maximum absolute atomic E-state index is 12.5. The average molecular weight is 340 g/mol. The van der Waals surface area contributed by atoms with Gasteiger partial charge in [0.15, 0.2) is 11.5 Å². The van der Waals surface area contributed by atoms with E-state index in [0.29, 0.717) is 23.6 Å². The van der Waals surface area contributed by atoms with Gasteiger partial charge in [0.05, 0.1) is 6.54 Å². The number of carbonyl (C=O) groups is 2. The predicted octanol–water partition coefficient (Wildman–Crippen LogP) is 2.51. The van der Waals surface area contributed by atoms with E-state index in [4.69, 9.17) is 9.47 Å². The van der Waals surface area contributed by atoms with Crippen molar-refractivity contribution in [3.63, 3.8) is 0 Å². The summed E-state index contributed by atoms with van der Waals surface area (Å²) in [6.45, 7) is 4.49. The Morgan fingerprint density at radius 2 is 1.92 bits per heavy atom. The molecule has 0 aliphatic carbocycles. The highest BCUT2D eigenvalue weighted by Gasteiger charge is 2.18. The van der Waals surface area contributed by atoms with E-state index < -0.39 is 0 Å². The molecule has 2 aromatic rings. The van der Waals surface area contributed by atoms with Crippen molar-refractivity contribution in [2.24, 2.45) is 0 Å². The molecule has 25 heavy (non-hydrogen) atoms. The second-order valence-corrected chi connectivity index (χ2v) is 5.73. The molecule has 0 atom stereocenters. The van der Waals surface area contributed by atoms with E-state index in [0.717, 1.165) is 11.3 Å². The number of ether oxygens (including phenoxy) is 2. The lowest BCUT2D eigenvalue weighted by molar-refractivity contribution is -0.117. The van der Waals surface area contributed by atoms with Crippen LogP contribution in [0.1, 0.15) is 22.8 Å². The first kappa shape index (κ1) is 16.8. The molecule has 3 rings (SSSR count). The largest absolute Gasteiger partial charge is 0.454 e. The number of likely N-dealkylation sites (N-methyl/N-ethyl adjacent to an activating group) is 1. The van der Waals surface area contributed by atoms with E-state index in [1.54, 1.807) is 23.1 Å². The number of hydrogen-bond acceptors (Lipinski definition) is 4. The van der Waals surface area contributed by atoms with Gasteiger partial charge in [-0.1, -0.05) is 12.1 Å². The van der Waals surface area contributed by atoms with Gasteiger partial charge in [0, 0.05) is 17.8 Å². The first-order valence-electron chi connectivity index (χ1n) is 8.13. The van der Waals surface area contributed by atoms with E-state index in [2.05, 4.69) is 5.32 Å². The second kappa shape index (κ2) is 7.25. The maximum atomic E-state index is 12.5. The molecule has 2 amide bonds. The Balaban J connectivity index is 1.63. The Bertz CT molecular complexity index is 804. The molecule has 0 saturated heterocycles. The van der Waals surface area contributed by atoms with Crippen molar-refractivity contribution in [2.75, 3.05) is 24.8 Å². The van der Waals surface area contributed by atoms with Gasteiger partial charge in [-0.3, -0.25) is 9.59 Å². The van der Waals surface area contributed by atoms with Crippen molar-refractivity contribution in [1.82, 2.24) is 5.32 Å².